The van der Waals surface area contributed by atoms with E-state index in [1.54, 1.807) is 11.3 Å². The maximum absolute atomic E-state index is 12.2. The van der Waals surface area contributed by atoms with Crippen LogP contribution in [0.15, 0.2) is 10.8 Å². The average Bonchev–Trinajstić information content (AvgIpc) is 2.84. The second kappa shape index (κ2) is 5.85. The van der Waals surface area contributed by atoms with Gasteiger partial charge in [0.1, 0.15) is 0 Å². The van der Waals surface area contributed by atoms with Crippen molar-refractivity contribution in [2.75, 3.05) is 13.1 Å². The van der Waals surface area contributed by atoms with Gasteiger partial charge in [0.05, 0.1) is 5.56 Å². The third kappa shape index (κ3) is 3.00. The highest BCUT2D eigenvalue weighted by Crippen LogP contribution is 2.23. The Morgan fingerprint density at radius 3 is 2.76 bits per heavy atom. The summed E-state index contributed by atoms with van der Waals surface area (Å²) in [6, 6.07) is 0.182. The third-order valence-corrected chi connectivity index (χ3v) is 4.20. The summed E-state index contributed by atoms with van der Waals surface area (Å²) in [5.41, 5.74) is 7.81. The van der Waals surface area contributed by atoms with Gasteiger partial charge in [-0.25, -0.2) is 0 Å². The van der Waals surface area contributed by atoms with E-state index in [0.29, 0.717) is 5.92 Å². The molecule has 1 fully saturated rings. The van der Waals surface area contributed by atoms with Crippen LogP contribution in [0.25, 0.3) is 0 Å². The molecule has 1 aromatic rings. The number of thiophene rings is 1. The fourth-order valence-corrected chi connectivity index (χ4v) is 2.97. The Labute approximate surface area is 112 Å². The minimum Gasteiger partial charge on any atom is -0.338 e. The van der Waals surface area contributed by atoms with Gasteiger partial charge >= 0.3 is 0 Å². The van der Waals surface area contributed by atoms with Crippen molar-refractivity contribution in [3.05, 3.63) is 21.9 Å². The molecule has 3 nitrogen and oxygen atoms in total. The van der Waals surface area contributed by atoms with Crippen molar-refractivity contribution >= 4 is 29.7 Å². The molecule has 1 saturated heterocycles. The molecule has 2 N–H and O–H groups in total. The number of carbonyl (C=O) groups excluding carboxylic acids is 1. The number of rotatable bonds is 2. The van der Waals surface area contributed by atoms with Gasteiger partial charge in [-0.15, -0.1) is 12.4 Å². The number of nitrogens with zero attached hydrogens (tertiary/aromatic N) is 1. The zero-order valence-electron chi connectivity index (χ0n) is 10.2. The largest absolute Gasteiger partial charge is 0.338 e. The van der Waals surface area contributed by atoms with Crippen molar-refractivity contribution in [1.29, 1.82) is 0 Å². The van der Waals surface area contributed by atoms with Crippen molar-refractivity contribution in [3.8, 4) is 0 Å². The molecule has 2 unspecified atom stereocenters. The number of amides is 1. The fourth-order valence-electron chi connectivity index (χ4n) is 2.15. The van der Waals surface area contributed by atoms with Gasteiger partial charge in [-0.3, -0.25) is 4.79 Å². The molecular weight excluding hydrogens is 256 g/mol. The number of nitrogens with two attached hydrogens (primary N) is 1. The second-order valence-electron chi connectivity index (χ2n) is 4.63. The summed E-state index contributed by atoms with van der Waals surface area (Å²) in [5.74, 6) is 0.629. The standard InChI is InChI=1S/C12H18N2OS.ClH/c1-8-6-16-7-11(8)12(15)14-4-3-10(5-14)9(2)13;/h6-7,9-10H,3-5,13H2,1-2H3;1H. The van der Waals surface area contributed by atoms with Gasteiger partial charge in [0.2, 0.25) is 0 Å². The van der Waals surface area contributed by atoms with Crippen LogP contribution in [-0.4, -0.2) is 29.9 Å². The van der Waals surface area contributed by atoms with Crippen molar-refractivity contribution < 1.29 is 4.79 Å². The number of halogens is 1. The van der Waals surface area contributed by atoms with Crippen LogP contribution in [0.5, 0.6) is 0 Å². The third-order valence-electron chi connectivity index (χ3n) is 3.34. The Bertz CT molecular complexity index is 392. The van der Waals surface area contributed by atoms with Gasteiger partial charge in [0, 0.05) is 24.5 Å². The Kier molecular flexibility index (Phi) is 4.98. The van der Waals surface area contributed by atoms with Crippen molar-refractivity contribution in [3.63, 3.8) is 0 Å². The van der Waals surface area contributed by atoms with Crippen LogP contribution in [0.1, 0.15) is 29.3 Å². The smallest absolute Gasteiger partial charge is 0.254 e. The molecule has 1 aliphatic rings. The molecule has 5 heteroatoms. The molecule has 96 valence electrons. The number of likely N-dealkylation sites (tertiary alicyclic amines) is 1. The number of carbonyl (C=O) groups is 1. The van der Waals surface area contributed by atoms with Crippen molar-refractivity contribution in [2.24, 2.45) is 11.7 Å². The molecule has 0 saturated carbocycles. The molecule has 1 amide bonds. The predicted molar refractivity (Wildman–Crippen MR) is 74.0 cm³/mol. The minimum absolute atomic E-state index is 0. The van der Waals surface area contributed by atoms with Crippen LogP contribution in [-0.2, 0) is 0 Å². The van der Waals surface area contributed by atoms with Crippen LogP contribution in [0.4, 0.5) is 0 Å². The van der Waals surface area contributed by atoms with Crippen molar-refractivity contribution in [1.82, 2.24) is 4.90 Å². The van der Waals surface area contributed by atoms with E-state index in [1.165, 1.54) is 0 Å². The lowest BCUT2D eigenvalue weighted by molar-refractivity contribution is 0.0786. The summed E-state index contributed by atoms with van der Waals surface area (Å²) in [6.07, 6.45) is 1.03. The lowest BCUT2D eigenvalue weighted by Gasteiger charge is -2.18. The average molecular weight is 275 g/mol. The normalized spacial score (nSPS) is 21.1. The maximum Gasteiger partial charge on any atom is 0.254 e. The van der Waals surface area contributed by atoms with Gasteiger partial charge in [-0.05, 0) is 37.1 Å². The number of aryl methyl sites for hydroxylation is 1. The first-order chi connectivity index (χ1) is 7.59. The second-order valence-corrected chi connectivity index (χ2v) is 5.37. The van der Waals surface area contributed by atoms with E-state index < -0.39 is 0 Å². The topological polar surface area (TPSA) is 46.3 Å². The highest BCUT2D eigenvalue weighted by atomic mass is 35.5. The van der Waals surface area contributed by atoms with Crippen LogP contribution in [0, 0.1) is 12.8 Å². The zero-order valence-corrected chi connectivity index (χ0v) is 11.8. The molecular formula is C12H19ClN2OS. The summed E-state index contributed by atoms with van der Waals surface area (Å²) in [5, 5.41) is 3.96. The number of hydrogen-bond acceptors (Lipinski definition) is 3. The summed E-state index contributed by atoms with van der Waals surface area (Å²) in [6.45, 7) is 5.67. The Hall–Kier alpha value is -0.580. The summed E-state index contributed by atoms with van der Waals surface area (Å²) >= 11 is 1.59. The summed E-state index contributed by atoms with van der Waals surface area (Å²) < 4.78 is 0. The van der Waals surface area contributed by atoms with Gasteiger partial charge < -0.3 is 10.6 Å². The Morgan fingerprint density at radius 2 is 2.29 bits per heavy atom. The molecule has 1 aliphatic heterocycles. The molecule has 1 aromatic heterocycles. The highest BCUT2D eigenvalue weighted by Gasteiger charge is 2.29. The van der Waals surface area contributed by atoms with Crippen LogP contribution in [0.2, 0.25) is 0 Å². The van der Waals surface area contributed by atoms with E-state index in [9.17, 15) is 4.79 Å². The molecule has 0 spiro atoms. The summed E-state index contributed by atoms with van der Waals surface area (Å²) in [4.78, 5) is 14.1. The minimum atomic E-state index is 0. The van der Waals surface area contributed by atoms with Gasteiger partial charge in [0.15, 0.2) is 0 Å². The monoisotopic (exact) mass is 274 g/mol. The quantitative estimate of drug-likeness (QED) is 0.899. The highest BCUT2D eigenvalue weighted by molar-refractivity contribution is 7.08. The summed E-state index contributed by atoms with van der Waals surface area (Å²) in [7, 11) is 0. The van der Waals surface area contributed by atoms with E-state index >= 15 is 0 Å². The lowest BCUT2D eigenvalue weighted by atomic mass is 10.0. The lowest BCUT2D eigenvalue weighted by Crippen LogP contribution is -2.33. The van der Waals surface area contributed by atoms with E-state index in [0.717, 1.165) is 30.6 Å². The van der Waals surface area contributed by atoms with E-state index in [4.69, 9.17) is 5.73 Å². The molecule has 0 aliphatic carbocycles. The first-order valence-electron chi connectivity index (χ1n) is 5.67. The van der Waals surface area contributed by atoms with Crippen LogP contribution >= 0.6 is 23.7 Å². The molecule has 2 rings (SSSR count). The molecule has 2 heterocycles. The first kappa shape index (κ1) is 14.5. The molecule has 0 aromatic carbocycles. The molecule has 17 heavy (non-hydrogen) atoms. The van der Waals surface area contributed by atoms with Gasteiger partial charge in [0.25, 0.3) is 5.91 Å². The maximum atomic E-state index is 12.2. The fraction of sp³-hybridized carbons (Fsp3) is 0.583. The Balaban J connectivity index is 0.00000144. The molecule has 2 atom stereocenters. The predicted octanol–water partition coefficient (Wildman–Crippen LogP) is 2.29. The van der Waals surface area contributed by atoms with Crippen LogP contribution < -0.4 is 5.73 Å². The number of hydrogen-bond donors (Lipinski definition) is 1. The van der Waals surface area contributed by atoms with Gasteiger partial charge in [-0.2, -0.15) is 11.3 Å². The first-order valence-corrected chi connectivity index (χ1v) is 6.61. The van der Waals surface area contributed by atoms with E-state index in [2.05, 4.69) is 0 Å². The Morgan fingerprint density at radius 1 is 1.59 bits per heavy atom. The zero-order chi connectivity index (χ0) is 11.7. The van der Waals surface area contributed by atoms with Crippen molar-refractivity contribution in [2.45, 2.75) is 26.3 Å². The van der Waals surface area contributed by atoms with E-state index in [1.807, 2.05) is 29.5 Å². The molecule has 0 bridgehead atoms. The SMILES string of the molecule is Cc1cscc1C(=O)N1CCC(C(C)N)C1.Cl. The molecule has 0 radical (unpaired) electrons. The van der Waals surface area contributed by atoms with Crippen LogP contribution in [0.3, 0.4) is 0 Å². The van der Waals surface area contributed by atoms with E-state index in [-0.39, 0.29) is 24.4 Å². The van der Waals surface area contributed by atoms with Gasteiger partial charge in [-0.1, -0.05) is 0 Å².